The Bertz CT molecular complexity index is 907. The molecule has 28 heavy (non-hydrogen) atoms. The van der Waals surface area contributed by atoms with Crippen LogP contribution in [0.25, 0.3) is 0 Å². The van der Waals surface area contributed by atoms with Crippen LogP contribution < -0.4 is 14.8 Å². The second-order valence-corrected chi connectivity index (χ2v) is 8.64. The third kappa shape index (κ3) is 5.11. The lowest BCUT2D eigenvalue weighted by Crippen LogP contribution is -2.33. The maximum absolute atomic E-state index is 12.8. The molecule has 0 radical (unpaired) electrons. The smallest absolute Gasteiger partial charge is 0.251 e. The Morgan fingerprint density at radius 1 is 1.11 bits per heavy atom. The molecule has 2 aromatic carbocycles. The van der Waals surface area contributed by atoms with E-state index in [0.29, 0.717) is 18.5 Å². The molecule has 1 aliphatic carbocycles. The highest BCUT2D eigenvalue weighted by Crippen LogP contribution is 2.27. The average molecular weight is 403 g/mol. The largest absolute Gasteiger partial charge is 0.495 e. The van der Waals surface area contributed by atoms with Gasteiger partial charge in [0.25, 0.3) is 5.91 Å². The normalized spacial score (nSPS) is 14.8. The molecule has 0 saturated heterocycles. The zero-order valence-electron chi connectivity index (χ0n) is 16.0. The van der Waals surface area contributed by atoms with Crippen molar-refractivity contribution in [2.75, 3.05) is 13.7 Å². The Hall–Kier alpha value is -2.38. The number of amides is 1. The van der Waals surface area contributed by atoms with Gasteiger partial charge in [0.1, 0.15) is 10.6 Å². The van der Waals surface area contributed by atoms with E-state index < -0.39 is 10.0 Å². The number of ether oxygens (including phenoxy) is 1. The molecule has 1 aliphatic rings. The number of hydrogen-bond donors (Lipinski definition) is 2. The number of hydrogen-bond acceptors (Lipinski definition) is 4. The van der Waals surface area contributed by atoms with Gasteiger partial charge in [-0.1, -0.05) is 43.2 Å². The molecule has 0 aliphatic heterocycles. The molecule has 2 aromatic rings. The second kappa shape index (κ2) is 9.21. The summed E-state index contributed by atoms with van der Waals surface area (Å²) in [7, 11) is -2.34. The Balaban J connectivity index is 1.71. The van der Waals surface area contributed by atoms with E-state index in [1.54, 1.807) is 6.07 Å². The summed E-state index contributed by atoms with van der Waals surface area (Å²) in [5.41, 5.74) is 1.42. The molecule has 0 unspecified atom stereocenters. The van der Waals surface area contributed by atoms with E-state index in [0.717, 1.165) is 31.2 Å². The fourth-order valence-electron chi connectivity index (χ4n) is 3.42. The summed E-state index contributed by atoms with van der Waals surface area (Å²) >= 11 is 0. The average Bonchev–Trinajstić information content (AvgIpc) is 3.20. The van der Waals surface area contributed by atoms with E-state index in [1.165, 1.54) is 19.2 Å². The van der Waals surface area contributed by atoms with Crippen molar-refractivity contribution in [1.29, 1.82) is 0 Å². The molecule has 2 N–H and O–H groups in total. The van der Waals surface area contributed by atoms with E-state index in [9.17, 15) is 13.2 Å². The van der Waals surface area contributed by atoms with E-state index in [-0.39, 0.29) is 22.6 Å². The number of rotatable bonds is 8. The lowest BCUT2D eigenvalue weighted by molar-refractivity contribution is 0.0954. The Labute approximate surface area is 166 Å². The number of methoxy groups -OCH3 is 1. The molecule has 7 heteroatoms. The van der Waals surface area contributed by atoms with Crippen LogP contribution in [0.2, 0.25) is 0 Å². The van der Waals surface area contributed by atoms with Crippen LogP contribution in [0, 0.1) is 0 Å². The standard InChI is InChI=1S/C21H26N2O4S/c1-27-19-12-11-17(21(24)22-14-13-16-7-3-2-4-8-16)15-20(19)28(25,26)23-18-9-5-6-10-18/h2-4,7-8,11-12,15,18,23H,5-6,9-10,13-14H2,1H3,(H,22,24). The fourth-order valence-corrected chi connectivity index (χ4v) is 4.92. The van der Waals surface area contributed by atoms with Crippen LogP contribution in [0.1, 0.15) is 41.6 Å². The van der Waals surface area contributed by atoms with Crippen molar-refractivity contribution in [3.8, 4) is 5.75 Å². The van der Waals surface area contributed by atoms with E-state index in [2.05, 4.69) is 10.0 Å². The second-order valence-electron chi connectivity index (χ2n) is 6.96. The van der Waals surface area contributed by atoms with E-state index >= 15 is 0 Å². The first-order chi connectivity index (χ1) is 13.5. The van der Waals surface area contributed by atoms with Gasteiger partial charge in [0.15, 0.2) is 0 Å². The molecule has 3 rings (SSSR count). The molecule has 0 atom stereocenters. The Morgan fingerprint density at radius 2 is 1.82 bits per heavy atom. The zero-order valence-corrected chi connectivity index (χ0v) is 16.8. The molecule has 0 heterocycles. The first-order valence-electron chi connectivity index (χ1n) is 9.52. The molecule has 6 nitrogen and oxygen atoms in total. The van der Waals surface area contributed by atoms with Gasteiger partial charge in [-0.2, -0.15) is 0 Å². The van der Waals surface area contributed by atoms with Gasteiger partial charge >= 0.3 is 0 Å². The van der Waals surface area contributed by atoms with Gasteiger partial charge in [0, 0.05) is 18.2 Å². The van der Waals surface area contributed by atoms with Gasteiger partial charge in [-0.25, -0.2) is 13.1 Å². The van der Waals surface area contributed by atoms with Crippen molar-refractivity contribution in [2.24, 2.45) is 0 Å². The molecule has 1 amide bonds. The minimum absolute atomic E-state index is 0.00221. The SMILES string of the molecule is COc1ccc(C(=O)NCCc2ccccc2)cc1S(=O)(=O)NC1CCCC1. The van der Waals surface area contributed by atoms with Crippen molar-refractivity contribution in [2.45, 2.75) is 43.0 Å². The summed E-state index contributed by atoms with van der Waals surface area (Å²) in [6.45, 7) is 0.470. The predicted molar refractivity (Wildman–Crippen MR) is 108 cm³/mol. The van der Waals surface area contributed by atoms with Crippen LogP contribution in [-0.2, 0) is 16.4 Å². The van der Waals surface area contributed by atoms with E-state index in [1.807, 2.05) is 30.3 Å². The first-order valence-corrected chi connectivity index (χ1v) is 11.0. The fraction of sp³-hybridized carbons (Fsp3) is 0.381. The quantitative estimate of drug-likeness (QED) is 0.711. The van der Waals surface area contributed by atoms with Gasteiger partial charge in [-0.15, -0.1) is 0 Å². The van der Waals surface area contributed by atoms with Crippen LogP contribution in [0.3, 0.4) is 0 Å². The van der Waals surface area contributed by atoms with Gasteiger partial charge in [0.05, 0.1) is 7.11 Å². The summed E-state index contributed by atoms with van der Waals surface area (Å²) in [6.07, 6.45) is 4.42. The molecule has 0 aromatic heterocycles. The van der Waals surface area contributed by atoms with Crippen LogP contribution in [0.5, 0.6) is 5.75 Å². The van der Waals surface area contributed by atoms with Crippen molar-refractivity contribution < 1.29 is 17.9 Å². The lowest BCUT2D eigenvalue weighted by Gasteiger charge is -2.15. The van der Waals surface area contributed by atoms with Gasteiger partial charge in [-0.3, -0.25) is 4.79 Å². The number of benzene rings is 2. The molecular weight excluding hydrogens is 376 g/mol. The number of sulfonamides is 1. The lowest BCUT2D eigenvalue weighted by atomic mass is 10.1. The summed E-state index contributed by atoms with van der Waals surface area (Å²) in [5.74, 6) is -0.0813. The van der Waals surface area contributed by atoms with Crippen molar-refractivity contribution in [3.63, 3.8) is 0 Å². The van der Waals surface area contributed by atoms with Gasteiger partial charge in [0.2, 0.25) is 10.0 Å². The van der Waals surface area contributed by atoms with E-state index in [4.69, 9.17) is 4.74 Å². The van der Waals surface area contributed by atoms with Crippen molar-refractivity contribution in [1.82, 2.24) is 10.0 Å². The highest BCUT2D eigenvalue weighted by molar-refractivity contribution is 7.89. The highest BCUT2D eigenvalue weighted by atomic mass is 32.2. The molecule has 1 fully saturated rings. The van der Waals surface area contributed by atoms with Gasteiger partial charge in [-0.05, 0) is 43.0 Å². The minimum atomic E-state index is -3.76. The maximum atomic E-state index is 12.8. The monoisotopic (exact) mass is 402 g/mol. The zero-order chi connectivity index (χ0) is 20.0. The molecule has 1 saturated carbocycles. The van der Waals surface area contributed by atoms with Gasteiger partial charge < -0.3 is 10.1 Å². The Kier molecular flexibility index (Phi) is 6.70. The van der Waals surface area contributed by atoms with Crippen LogP contribution >= 0.6 is 0 Å². The van der Waals surface area contributed by atoms with Crippen molar-refractivity contribution >= 4 is 15.9 Å². The highest BCUT2D eigenvalue weighted by Gasteiger charge is 2.26. The summed E-state index contributed by atoms with van der Waals surface area (Å²) in [5, 5.41) is 2.84. The molecule has 0 spiro atoms. The summed E-state index contributed by atoms with van der Waals surface area (Å²) in [4.78, 5) is 12.5. The summed E-state index contributed by atoms with van der Waals surface area (Å²) < 4.78 is 33.6. The number of carbonyl (C=O) groups is 1. The first kappa shape index (κ1) is 20.4. The number of nitrogens with one attached hydrogen (secondary N) is 2. The third-order valence-electron chi connectivity index (χ3n) is 4.93. The molecule has 0 bridgehead atoms. The van der Waals surface area contributed by atoms with Crippen LogP contribution in [0.4, 0.5) is 0 Å². The predicted octanol–water partition coefficient (Wildman–Crippen LogP) is 2.89. The topological polar surface area (TPSA) is 84.5 Å². The Morgan fingerprint density at radius 3 is 2.50 bits per heavy atom. The molecule has 150 valence electrons. The van der Waals surface area contributed by atoms with Crippen LogP contribution in [0.15, 0.2) is 53.4 Å². The molecular formula is C21H26N2O4S. The summed E-state index contributed by atoms with van der Waals surface area (Å²) in [6, 6.07) is 14.3. The van der Waals surface area contributed by atoms with Crippen molar-refractivity contribution in [3.05, 3.63) is 59.7 Å². The number of carbonyl (C=O) groups excluding carboxylic acids is 1. The third-order valence-corrected chi connectivity index (χ3v) is 6.48. The van der Waals surface area contributed by atoms with Crippen LogP contribution in [-0.4, -0.2) is 34.0 Å². The maximum Gasteiger partial charge on any atom is 0.251 e. The minimum Gasteiger partial charge on any atom is -0.495 e.